The van der Waals surface area contributed by atoms with Crippen LogP contribution in [0.15, 0.2) is 0 Å². The first-order valence-corrected chi connectivity index (χ1v) is 19.6. The number of hydrogen-bond donors (Lipinski definition) is 2. The average Bonchev–Trinajstić information content (AvgIpc) is 3.65. The zero-order chi connectivity index (χ0) is 35.5. The van der Waals surface area contributed by atoms with E-state index in [2.05, 4.69) is 53.4 Å². The van der Waals surface area contributed by atoms with Crippen LogP contribution in [-0.2, 0) is 28.5 Å². The van der Waals surface area contributed by atoms with Crippen LogP contribution in [0.3, 0.4) is 0 Å². The van der Waals surface area contributed by atoms with E-state index in [-0.39, 0.29) is 57.6 Å². The summed E-state index contributed by atoms with van der Waals surface area (Å²) in [6.45, 7) is 22.6. The molecule has 7 rings (SSSR count). The molecule has 0 radical (unpaired) electrons. The van der Waals surface area contributed by atoms with Gasteiger partial charge in [0.25, 0.3) is 0 Å². The molecule has 7 fully saturated rings. The number of aliphatic hydroxyl groups excluding tert-OH is 2. The maximum absolute atomic E-state index is 12.5. The molecular formula is C40H67NO8. The van der Waals surface area contributed by atoms with Gasteiger partial charge in [-0.05, 0) is 117 Å². The fraction of sp³-hybridized carbons (Fsp3) is 0.975. The third-order valence-electron chi connectivity index (χ3n) is 16.5. The fourth-order valence-corrected chi connectivity index (χ4v) is 14.1. The third-order valence-corrected chi connectivity index (χ3v) is 16.5. The van der Waals surface area contributed by atoms with Gasteiger partial charge in [-0.15, -0.1) is 0 Å². The summed E-state index contributed by atoms with van der Waals surface area (Å²) in [5.41, 5.74) is 0.0741. The molecule has 2 N–H and O–H groups in total. The van der Waals surface area contributed by atoms with E-state index in [4.69, 9.17) is 23.7 Å². The molecule has 0 amide bonds. The van der Waals surface area contributed by atoms with Gasteiger partial charge >= 0.3 is 5.97 Å². The predicted octanol–water partition coefficient (Wildman–Crippen LogP) is 5.58. The molecule has 15 unspecified atom stereocenters. The minimum atomic E-state index is -0.844. The van der Waals surface area contributed by atoms with Crippen LogP contribution in [0, 0.1) is 50.7 Å². The van der Waals surface area contributed by atoms with Crippen molar-refractivity contribution in [3.05, 3.63) is 0 Å². The van der Waals surface area contributed by atoms with Crippen molar-refractivity contribution in [3.8, 4) is 0 Å². The molecule has 7 aliphatic rings. The second-order valence-electron chi connectivity index (χ2n) is 19.5. The van der Waals surface area contributed by atoms with Crippen LogP contribution in [0.2, 0.25) is 0 Å². The first-order valence-electron chi connectivity index (χ1n) is 19.6. The van der Waals surface area contributed by atoms with E-state index >= 15 is 0 Å². The van der Waals surface area contributed by atoms with Crippen molar-refractivity contribution < 1.29 is 38.7 Å². The highest BCUT2D eigenvalue weighted by Gasteiger charge is 2.84. The van der Waals surface area contributed by atoms with Gasteiger partial charge in [0.2, 0.25) is 0 Å². The number of nitrogens with zero attached hydrogens (tertiary/aromatic N) is 1. The standard InChI is InChI=1S/C40H67NO8/c1-23-19-26(32(24(2)42)47-25(3)43)48-33-31(23)37(8)15-16-40-21-39(40)14-13-29(49-30-20-41(17-18-46-30)22-35(4,5)45-10)36(6,7)27(39)11-12-28(40)38(37,9)34(33)44/h23-24,26-34,42,44H,11-22H2,1-10H3. The first kappa shape index (κ1) is 36.5. The summed E-state index contributed by atoms with van der Waals surface area (Å²) in [4.78, 5) is 14.4. The Bertz CT molecular complexity index is 1270. The zero-order valence-corrected chi connectivity index (χ0v) is 32.1. The van der Waals surface area contributed by atoms with E-state index in [9.17, 15) is 15.0 Å². The van der Waals surface area contributed by atoms with Gasteiger partial charge in [-0.3, -0.25) is 9.69 Å². The third kappa shape index (κ3) is 5.27. The minimum absolute atomic E-state index is 0.0334. The molecule has 5 saturated carbocycles. The molecule has 2 spiro atoms. The number of fused-ring (bicyclic) bond motifs is 4. The quantitative estimate of drug-likeness (QED) is 0.316. The van der Waals surface area contributed by atoms with E-state index < -0.39 is 30.4 Å². The highest BCUT2D eigenvalue weighted by Crippen LogP contribution is 2.89. The maximum Gasteiger partial charge on any atom is 0.303 e. The molecule has 15 atom stereocenters. The highest BCUT2D eigenvalue weighted by molar-refractivity contribution is 5.66. The first-order chi connectivity index (χ1) is 22.9. The Labute approximate surface area is 295 Å². The van der Waals surface area contributed by atoms with Crippen molar-refractivity contribution in [1.82, 2.24) is 4.90 Å². The number of carbonyl (C=O) groups is 1. The predicted molar refractivity (Wildman–Crippen MR) is 185 cm³/mol. The molecule has 5 aliphatic carbocycles. The summed E-state index contributed by atoms with van der Waals surface area (Å²) < 4.78 is 31.3. The largest absolute Gasteiger partial charge is 0.457 e. The topological polar surface area (TPSA) is 107 Å². The van der Waals surface area contributed by atoms with Gasteiger partial charge in [-0.2, -0.15) is 0 Å². The molecule has 2 saturated heterocycles. The second-order valence-corrected chi connectivity index (χ2v) is 19.5. The number of carbonyl (C=O) groups excluding carboxylic acids is 1. The molecule has 9 nitrogen and oxygen atoms in total. The van der Waals surface area contributed by atoms with Crippen LogP contribution in [-0.4, -0.2) is 103 Å². The minimum Gasteiger partial charge on any atom is -0.457 e. The van der Waals surface area contributed by atoms with E-state index in [0.717, 1.165) is 38.9 Å². The molecular weight excluding hydrogens is 622 g/mol. The Kier molecular flexibility index (Phi) is 9.03. The van der Waals surface area contributed by atoms with Gasteiger partial charge < -0.3 is 33.9 Å². The molecule has 0 bridgehead atoms. The number of methoxy groups -OCH3 is 1. The van der Waals surface area contributed by atoms with Crippen LogP contribution >= 0.6 is 0 Å². The van der Waals surface area contributed by atoms with Gasteiger partial charge in [-0.1, -0.05) is 34.6 Å². The van der Waals surface area contributed by atoms with Crippen molar-refractivity contribution >= 4 is 5.97 Å². The Morgan fingerprint density at radius 3 is 2.43 bits per heavy atom. The number of aliphatic hydroxyl groups is 2. The van der Waals surface area contributed by atoms with Crippen molar-refractivity contribution in [1.29, 1.82) is 0 Å². The molecule has 280 valence electrons. The zero-order valence-electron chi connectivity index (χ0n) is 32.1. The Hall–Kier alpha value is -0.810. The maximum atomic E-state index is 12.5. The van der Waals surface area contributed by atoms with Crippen molar-refractivity contribution in [2.45, 2.75) is 162 Å². The molecule has 0 aromatic rings. The number of morpholine rings is 1. The molecule has 9 heteroatoms. The van der Waals surface area contributed by atoms with Crippen molar-refractivity contribution in [2.75, 3.05) is 33.4 Å². The lowest BCUT2D eigenvalue weighted by Crippen LogP contribution is -2.60. The lowest BCUT2D eigenvalue weighted by atomic mass is 9.41. The summed E-state index contributed by atoms with van der Waals surface area (Å²) >= 11 is 0. The lowest BCUT2D eigenvalue weighted by molar-refractivity contribution is -0.250. The smallest absolute Gasteiger partial charge is 0.303 e. The van der Waals surface area contributed by atoms with Gasteiger partial charge in [0.1, 0.15) is 0 Å². The van der Waals surface area contributed by atoms with E-state index in [0.29, 0.717) is 30.3 Å². The molecule has 2 heterocycles. The van der Waals surface area contributed by atoms with E-state index in [1.165, 1.54) is 32.6 Å². The van der Waals surface area contributed by atoms with Crippen molar-refractivity contribution in [2.24, 2.45) is 50.7 Å². The monoisotopic (exact) mass is 689 g/mol. The molecule has 0 aromatic carbocycles. The number of esters is 1. The van der Waals surface area contributed by atoms with Gasteiger partial charge in [0.15, 0.2) is 12.4 Å². The average molecular weight is 690 g/mol. The Morgan fingerprint density at radius 2 is 1.76 bits per heavy atom. The summed E-state index contributed by atoms with van der Waals surface area (Å²) in [6, 6.07) is 0. The van der Waals surface area contributed by atoms with Crippen molar-refractivity contribution in [3.63, 3.8) is 0 Å². The van der Waals surface area contributed by atoms with Gasteiger partial charge in [0.05, 0.1) is 42.7 Å². The summed E-state index contributed by atoms with van der Waals surface area (Å²) in [5, 5.41) is 23.1. The van der Waals surface area contributed by atoms with Gasteiger partial charge in [0, 0.05) is 39.1 Å². The van der Waals surface area contributed by atoms with Crippen LogP contribution in [0.5, 0.6) is 0 Å². The Balaban J connectivity index is 1.10. The van der Waals surface area contributed by atoms with E-state index in [1.807, 2.05) is 0 Å². The number of hydrogen-bond acceptors (Lipinski definition) is 9. The van der Waals surface area contributed by atoms with Crippen LogP contribution in [0.1, 0.15) is 114 Å². The Morgan fingerprint density at radius 1 is 1.06 bits per heavy atom. The summed E-state index contributed by atoms with van der Waals surface area (Å²) in [5.74, 6) is 1.13. The highest BCUT2D eigenvalue weighted by atomic mass is 16.7. The molecule has 2 aliphatic heterocycles. The van der Waals surface area contributed by atoms with Crippen LogP contribution in [0.25, 0.3) is 0 Å². The van der Waals surface area contributed by atoms with Gasteiger partial charge in [-0.25, -0.2) is 0 Å². The SMILES string of the molecule is COC(C)(C)CN1CCOC(OC2CCC34CC35CCC3(C)C6C(C)CC(C(OC(C)=O)C(C)O)OC6C(O)C3(C)C5CCC4C2(C)C)C1. The summed E-state index contributed by atoms with van der Waals surface area (Å²) in [6.07, 6.45) is 5.89. The normalized spacial score (nSPS) is 50.2. The fourth-order valence-electron chi connectivity index (χ4n) is 14.1. The lowest BCUT2D eigenvalue weighted by Gasteiger charge is -2.64. The van der Waals surface area contributed by atoms with E-state index in [1.54, 1.807) is 14.0 Å². The number of ether oxygens (including phenoxy) is 5. The van der Waals surface area contributed by atoms with Crippen LogP contribution in [0.4, 0.5) is 0 Å². The molecule has 49 heavy (non-hydrogen) atoms. The summed E-state index contributed by atoms with van der Waals surface area (Å²) in [7, 11) is 1.78. The van der Waals surface area contributed by atoms with Crippen LogP contribution < -0.4 is 0 Å². The number of rotatable bonds is 8. The second kappa shape index (κ2) is 12.1. The molecule has 0 aromatic heterocycles.